The normalized spacial score (nSPS) is 11.2. The van der Waals surface area contributed by atoms with Crippen LogP contribution in [0.2, 0.25) is 0 Å². The number of hydrogen-bond acceptors (Lipinski definition) is 3. The largest absolute Gasteiger partial charge is 0.444 e. The van der Waals surface area contributed by atoms with Gasteiger partial charge in [-0.25, -0.2) is 4.79 Å². The van der Waals surface area contributed by atoms with Gasteiger partial charge in [0.25, 0.3) is 0 Å². The van der Waals surface area contributed by atoms with E-state index in [2.05, 4.69) is 10.6 Å². The summed E-state index contributed by atoms with van der Waals surface area (Å²) in [5.41, 5.74) is 2.64. The van der Waals surface area contributed by atoms with Gasteiger partial charge in [-0.15, -0.1) is 0 Å². The number of benzene rings is 2. The maximum Gasteiger partial charge on any atom is 0.412 e. The first kappa shape index (κ1) is 19.2. The van der Waals surface area contributed by atoms with Gasteiger partial charge in [0.15, 0.2) is 0 Å². The summed E-state index contributed by atoms with van der Waals surface area (Å²) in [6, 6.07) is 14.8. The molecule has 0 fully saturated rings. The van der Waals surface area contributed by atoms with Gasteiger partial charge in [0.05, 0.1) is 0 Å². The van der Waals surface area contributed by atoms with Crippen LogP contribution in [-0.4, -0.2) is 17.6 Å². The summed E-state index contributed by atoms with van der Waals surface area (Å²) >= 11 is 0. The molecule has 26 heavy (non-hydrogen) atoms. The van der Waals surface area contributed by atoms with Gasteiger partial charge in [-0.2, -0.15) is 0 Å². The summed E-state index contributed by atoms with van der Waals surface area (Å²) in [5.74, 6) is -0.249. The summed E-state index contributed by atoms with van der Waals surface area (Å²) in [5, 5.41) is 5.42. The Bertz CT molecular complexity index is 820. The molecule has 0 aliphatic carbocycles. The monoisotopic (exact) mass is 352 g/mol. The highest BCUT2D eigenvalue weighted by Crippen LogP contribution is 2.17. The van der Waals surface area contributed by atoms with Crippen molar-refractivity contribution in [1.82, 2.24) is 0 Å². The van der Waals surface area contributed by atoms with E-state index in [4.69, 9.17) is 4.74 Å². The standard InChI is InChI=1S/C21H24N2O3/c1-15-7-5-8-16(13-15)11-12-19(24)22-17-9-6-10-18(14-17)23-20(25)26-21(2,3)4/h5-14H,1-4H3,(H,22,24)(H,23,25). The second kappa shape index (κ2) is 8.34. The van der Waals surface area contributed by atoms with E-state index in [0.29, 0.717) is 11.4 Å². The quantitative estimate of drug-likeness (QED) is 0.761. The lowest BCUT2D eigenvalue weighted by Gasteiger charge is -2.19. The van der Waals surface area contributed by atoms with E-state index in [1.165, 1.54) is 6.08 Å². The molecule has 0 heterocycles. The number of hydrogen-bond donors (Lipinski definition) is 2. The lowest BCUT2D eigenvalue weighted by Crippen LogP contribution is -2.27. The van der Waals surface area contributed by atoms with Gasteiger partial charge in [0.2, 0.25) is 5.91 Å². The zero-order valence-electron chi connectivity index (χ0n) is 15.5. The van der Waals surface area contributed by atoms with Crippen molar-refractivity contribution in [2.24, 2.45) is 0 Å². The van der Waals surface area contributed by atoms with Crippen molar-refractivity contribution in [2.45, 2.75) is 33.3 Å². The van der Waals surface area contributed by atoms with Crippen LogP contribution in [0.1, 0.15) is 31.9 Å². The van der Waals surface area contributed by atoms with Gasteiger partial charge in [0, 0.05) is 17.5 Å². The van der Waals surface area contributed by atoms with Gasteiger partial charge in [-0.1, -0.05) is 35.9 Å². The number of ether oxygens (including phenoxy) is 1. The van der Waals surface area contributed by atoms with Gasteiger partial charge in [0.1, 0.15) is 5.60 Å². The number of carbonyl (C=O) groups excluding carboxylic acids is 2. The van der Waals surface area contributed by atoms with E-state index in [9.17, 15) is 9.59 Å². The minimum Gasteiger partial charge on any atom is -0.444 e. The van der Waals surface area contributed by atoms with Crippen molar-refractivity contribution >= 4 is 29.5 Å². The van der Waals surface area contributed by atoms with Crippen LogP contribution >= 0.6 is 0 Å². The maximum absolute atomic E-state index is 12.1. The maximum atomic E-state index is 12.1. The number of rotatable bonds is 4. The Labute approximate surface area is 154 Å². The summed E-state index contributed by atoms with van der Waals surface area (Å²) < 4.78 is 5.21. The molecule has 2 N–H and O–H groups in total. The second-order valence-electron chi connectivity index (χ2n) is 6.94. The molecule has 5 heteroatoms. The molecule has 0 aliphatic heterocycles. The van der Waals surface area contributed by atoms with E-state index in [0.717, 1.165) is 11.1 Å². The Kier molecular flexibility index (Phi) is 6.17. The predicted octanol–water partition coefficient (Wildman–Crippen LogP) is 4.99. The van der Waals surface area contributed by atoms with Crippen molar-refractivity contribution < 1.29 is 14.3 Å². The molecule has 0 spiro atoms. The van der Waals surface area contributed by atoms with Crippen LogP contribution in [0.3, 0.4) is 0 Å². The van der Waals surface area contributed by atoms with Crippen LogP contribution < -0.4 is 10.6 Å². The van der Waals surface area contributed by atoms with Crippen molar-refractivity contribution in [3.05, 3.63) is 65.7 Å². The SMILES string of the molecule is Cc1cccc(C=CC(=O)Nc2cccc(NC(=O)OC(C)(C)C)c2)c1. The van der Waals surface area contributed by atoms with E-state index >= 15 is 0 Å². The van der Waals surface area contributed by atoms with Crippen LogP contribution in [0.15, 0.2) is 54.6 Å². The third kappa shape index (κ3) is 6.81. The summed E-state index contributed by atoms with van der Waals surface area (Å²) in [7, 11) is 0. The van der Waals surface area contributed by atoms with Crippen molar-refractivity contribution in [3.8, 4) is 0 Å². The van der Waals surface area contributed by atoms with Crippen LogP contribution in [0.4, 0.5) is 16.2 Å². The number of nitrogens with one attached hydrogen (secondary N) is 2. The van der Waals surface area contributed by atoms with Gasteiger partial charge >= 0.3 is 6.09 Å². The average molecular weight is 352 g/mol. The van der Waals surface area contributed by atoms with Crippen LogP contribution in [0.25, 0.3) is 6.08 Å². The van der Waals surface area contributed by atoms with Crippen LogP contribution in [-0.2, 0) is 9.53 Å². The lowest BCUT2D eigenvalue weighted by atomic mass is 10.1. The first-order valence-electron chi connectivity index (χ1n) is 8.37. The number of amides is 2. The smallest absolute Gasteiger partial charge is 0.412 e. The Morgan fingerprint density at radius 3 is 2.27 bits per heavy atom. The molecule has 0 saturated heterocycles. The molecule has 0 saturated carbocycles. The molecular formula is C21H24N2O3. The molecule has 2 aromatic carbocycles. The first-order chi connectivity index (χ1) is 12.2. The molecule has 2 amide bonds. The highest BCUT2D eigenvalue weighted by molar-refractivity contribution is 6.02. The molecule has 0 bridgehead atoms. The number of aryl methyl sites for hydroxylation is 1. The van der Waals surface area contributed by atoms with E-state index in [-0.39, 0.29) is 5.91 Å². The summed E-state index contributed by atoms with van der Waals surface area (Å²) in [6.45, 7) is 7.39. The highest BCUT2D eigenvalue weighted by atomic mass is 16.6. The molecule has 0 aromatic heterocycles. The van der Waals surface area contributed by atoms with Crippen LogP contribution in [0, 0.1) is 6.92 Å². The molecule has 2 rings (SSSR count). The molecule has 0 radical (unpaired) electrons. The third-order valence-electron chi connectivity index (χ3n) is 3.24. The van der Waals surface area contributed by atoms with Gasteiger partial charge in [-0.05, 0) is 57.5 Å². The summed E-state index contributed by atoms with van der Waals surface area (Å²) in [4.78, 5) is 23.9. The third-order valence-corrected chi connectivity index (χ3v) is 3.24. The molecule has 0 aliphatic rings. The molecular weight excluding hydrogens is 328 g/mol. The fourth-order valence-electron chi connectivity index (χ4n) is 2.23. The van der Waals surface area contributed by atoms with E-state index < -0.39 is 11.7 Å². The lowest BCUT2D eigenvalue weighted by molar-refractivity contribution is -0.111. The highest BCUT2D eigenvalue weighted by Gasteiger charge is 2.16. The topological polar surface area (TPSA) is 67.4 Å². The minimum absolute atomic E-state index is 0.249. The Hall–Kier alpha value is -3.08. The molecule has 136 valence electrons. The van der Waals surface area contributed by atoms with Crippen molar-refractivity contribution in [3.63, 3.8) is 0 Å². The Balaban J connectivity index is 1.97. The second-order valence-corrected chi connectivity index (χ2v) is 6.94. The predicted molar refractivity (Wildman–Crippen MR) is 105 cm³/mol. The van der Waals surface area contributed by atoms with Crippen LogP contribution in [0.5, 0.6) is 0 Å². The fourth-order valence-corrected chi connectivity index (χ4v) is 2.23. The van der Waals surface area contributed by atoms with Crippen molar-refractivity contribution in [1.29, 1.82) is 0 Å². The van der Waals surface area contributed by atoms with Crippen molar-refractivity contribution in [2.75, 3.05) is 10.6 Å². The zero-order chi connectivity index (χ0) is 19.2. The average Bonchev–Trinajstić information content (AvgIpc) is 2.51. The summed E-state index contributed by atoms with van der Waals surface area (Å²) in [6.07, 6.45) is 2.69. The molecule has 0 unspecified atom stereocenters. The van der Waals surface area contributed by atoms with Gasteiger partial charge < -0.3 is 10.1 Å². The first-order valence-corrected chi connectivity index (χ1v) is 8.37. The van der Waals surface area contributed by atoms with Gasteiger partial charge in [-0.3, -0.25) is 10.1 Å². The molecule has 0 atom stereocenters. The van der Waals surface area contributed by atoms with E-state index in [1.807, 2.05) is 31.2 Å². The van der Waals surface area contributed by atoms with E-state index in [1.54, 1.807) is 51.1 Å². The fraction of sp³-hybridized carbons (Fsp3) is 0.238. The zero-order valence-corrected chi connectivity index (χ0v) is 15.5. The minimum atomic E-state index is -0.573. The number of anilines is 2. The molecule has 5 nitrogen and oxygen atoms in total. The Morgan fingerprint density at radius 2 is 1.62 bits per heavy atom. The number of carbonyl (C=O) groups is 2. The Morgan fingerprint density at radius 1 is 0.962 bits per heavy atom. The molecule has 2 aromatic rings.